The van der Waals surface area contributed by atoms with Crippen molar-refractivity contribution >= 4 is 27.6 Å². The highest BCUT2D eigenvalue weighted by Gasteiger charge is 2.45. The van der Waals surface area contributed by atoms with Gasteiger partial charge in [-0.25, -0.2) is 28.4 Å². The smallest absolute Gasteiger partial charge is 0.239 e. The maximum absolute atomic E-state index is 13.6. The maximum atomic E-state index is 13.6. The molecule has 0 radical (unpaired) electrons. The van der Waals surface area contributed by atoms with Gasteiger partial charge in [0.25, 0.3) is 0 Å². The van der Waals surface area contributed by atoms with Crippen LogP contribution in [0.1, 0.15) is 38.4 Å². The van der Waals surface area contributed by atoms with Gasteiger partial charge < -0.3 is 14.8 Å². The zero-order valence-electron chi connectivity index (χ0n) is 20.3. The van der Waals surface area contributed by atoms with Gasteiger partial charge in [0.05, 0.1) is 29.9 Å². The Morgan fingerprint density at radius 1 is 1.08 bits per heavy atom. The number of hydrogen-bond acceptors (Lipinski definition) is 10. The van der Waals surface area contributed by atoms with Gasteiger partial charge in [-0.15, -0.1) is 0 Å². The highest BCUT2D eigenvalue weighted by Crippen LogP contribution is 2.35. The van der Waals surface area contributed by atoms with Crippen LogP contribution < -0.4 is 14.8 Å². The van der Waals surface area contributed by atoms with Gasteiger partial charge in [0.15, 0.2) is 0 Å². The summed E-state index contributed by atoms with van der Waals surface area (Å²) in [4.78, 5) is 35.3. The van der Waals surface area contributed by atoms with Gasteiger partial charge >= 0.3 is 0 Å². The van der Waals surface area contributed by atoms with Crippen molar-refractivity contribution in [3.8, 4) is 17.1 Å². The lowest BCUT2D eigenvalue weighted by atomic mass is 9.78. The molecule has 1 aliphatic carbocycles. The Bertz CT molecular complexity index is 1370. The summed E-state index contributed by atoms with van der Waals surface area (Å²) in [6.45, 7) is 3.03. The van der Waals surface area contributed by atoms with Crippen molar-refractivity contribution < 1.29 is 22.7 Å². The fraction of sp³-hybridized carbons (Fsp3) is 0.417. The number of sulfonamides is 1. The largest absolute Gasteiger partial charge is 0.477 e. The number of aromatic nitrogens is 5. The summed E-state index contributed by atoms with van der Waals surface area (Å²) >= 11 is 0. The molecular formula is C24H27N7O5S. The quantitative estimate of drug-likeness (QED) is 0.425. The second kappa shape index (κ2) is 10.3. The van der Waals surface area contributed by atoms with E-state index in [0.29, 0.717) is 68.5 Å². The molecule has 0 aromatic carbocycles. The van der Waals surface area contributed by atoms with Gasteiger partial charge in [0.1, 0.15) is 22.9 Å². The molecule has 4 heterocycles. The molecule has 13 heteroatoms. The molecule has 12 nitrogen and oxygen atoms in total. The first-order chi connectivity index (χ1) is 17.9. The van der Waals surface area contributed by atoms with E-state index < -0.39 is 20.7 Å². The molecule has 5 rings (SSSR count). The number of carbonyl (C=O) groups is 1. The summed E-state index contributed by atoms with van der Waals surface area (Å²) in [6, 6.07) is 4.94. The Balaban J connectivity index is 1.36. The van der Waals surface area contributed by atoms with Gasteiger partial charge in [0.2, 0.25) is 21.8 Å². The molecule has 0 spiro atoms. The fourth-order valence-electron chi connectivity index (χ4n) is 4.09. The van der Waals surface area contributed by atoms with E-state index in [1.54, 1.807) is 24.5 Å². The normalized spacial score (nSPS) is 17.1. The van der Waals surface area contributed by atoms with Crippen LogP contribution in [-0.4, -0.2) is 64.3 Å². The van der Waals surface area contributed by atoms with Crippen LogP contribution in [0.4, 0.5) is 11.6 Å². The molecule has 0 bridgehead atoms. The minimum atomic E-state index is -3.50. The predicted octanol–water partition coefficient (Wildman–Crippen LogP) is 2.32. The Hall–Kier alpha value is -3.71. The number of ether oxygens (including phenoxy) is 2. The lowest BCUT2D eigenvalue weighted by Gasteiger charge is -2.34. The summed E-state index contributed by atoms with van der Waals surface area (Å²) < 4.78 is 38.2. The minimum Gasteiger partial charge on any atom is -0.477 e. The Morgan fingerprint density at radius 2 is 1.89 bits per heavy atom. The lowest BCUT2D eigenvalue weighted by Crippen LogP contribution is -2.46. The van der Waals surface area contributed by atoms with Crippen molar-refractivity contribution in [2.45, 2.75) is 43.3 Å². The molecule has 3 aromatic rings. The molecule has 1 saturated heterocycles. The molecule has 194 valence electrons. The van der Waals surface area contributed by atoms with Crippen molar-refractivity contribution in [2.75, 3.05) is 29.9 Å². The van der Waals surface area contributed by atoms with E-state index in [4.69, 9.17) is 9.47 Å². The molecule has 0 unspecified atom stereocenters. The van der Waals surface area contributed by atoms with Crippen molar-refractivity contribution in [1.29, 1.82) is 0 Å². The first-order valence-electron chi connectivity index (χ1n) is 12.1. The first kappa shape index (κ1) is 25.0. The highest BCUT2D eigenvalue weighted by molar-refractivity contribution is 7.93. The third-order valence-corrected chi connectivity index (χ3v) is 8.12. The second-order valence-corrected chi connectivity index (χ2v) is 10.8. The first-order valence-corrected chi connectivity index (χ1v) is 13.6. The van der Waals surface area contributed by atoms with Gasteiger partial charge in [-0.2, -0.15) is 0 Å². The van der Waals surface area contributed by atoms with E-state index in [9.17, 15) is 13.2 Å². The summed E-state index contributed by atoms with van der Waals surface area (Å²) in [6.07, 6.45) is 8.15. The molecule has 2 N–H and O–H groups in total. The molecule has 37 heavy (non-hydrogen) atoms. The van der Waals surface area contributed by atoms with Gasteiger partial charge in [-0.05, 0) is 50.8 Å². The number of carbonyl (C=O) groups excluding carboxylic acids is 1. The van der Waals surface area contributed by atoms with Crippen LogP contribution in [0.25, 0.3) is 11.3 Å². The Kier molecular flexibility index (Phi) is 6.98. The van der Waals surface area contributed by atoms with E-state index in [1.807, 2.05) is 6.92 Å². The van der Waals surface area contributed by atoms with E-state index in [2.05, 4.69) is 35.0 Å². The van der Waals surface area contributed by atoms with Crippen molar-refractivity contribution in [3.63, 3.8) is 0 Å². The molecule has 1 aliphatic heterocycles. The molecule has 2 aliphatic rings. The molecular weight excluding hydrogens is 498 g/mol. The molecule has 2 fully saturated rings. The van der Waals surface area contributed by atoms with E-state index in [-0.39, 0.29) is 17.5 Å². The van der Waals surface area contributed by atoms with E-state index in [1.165, 1.54) is 18.5 Å². The average molecular weight is 526 g/mol. The SMILES string of the molecule is CCOc1cncc(-c2ccc(NC(=O)C3(c4nccc(NS(=O)(=O)C5CC5)n4)CCOCC3)nc2)n1. The third kappa shape index (κ3) is 5.52. The van der Waals surface area contributed by atoms with Gasteiger partial charge in [-0.1, -0.05) is 0 Å². The van der Waals surface area contributed by atoms with Crippen LogP contribution in [0, 0.1) is 0 Å². The molecule has 1 amide bonds. The average Bonchev–Trinajstić information content (AvgIpc) is 3.77. The lowest BCUT2D eigenvalue weighted by molar-refractivity contribution is -0.125. The third-order valence-electron chi connectivity index (χ3n) is 6.28. The second-order valence-electron chi connectivity index (χ2n) is 8.87. The summed E-state index contributed by atoms with van der Waals surface area (Å²) in [5.41, 5.74) is 0.208. The van der Waals surface area contributed by atoms with Gasteiger partial charge in [0, 0.05) is 31.2 Å². The number of rotatable bonds is 9. The molecule has 1 saturated carbocycles. The number of nitrogens with zero attached hydrogens (tertiary/aromatic N) is 5. The topological polar surface area (TPSA) is 158 Å². The van der Waals surface area contributed by atoms with E-state index in [0.717, 1.165) is 0 Å². The molecule has 0 atom stereocenters. The monoisotopic (exact) mass is 525 g/mol. The number of amides is 1. The fourth-order valence-corrected chi connectivity index (χ4v) is 5.41. The van der Waals surface area contributed by atoms with Crippen LogP contribution in [0.15, 0.2) is 43.0 Å². The zero-order chi connectivity index (χ0) is 25.9. The van der Waals surface area contributed by atoms with Crippen molar-refractivity contribution in [2.24, 2.45) is 0 Å². The predicted molar refractivity (Wildman–Crippen MR) is 134 cm³/mol. The van der Waals surface area contributed by atoms with Crippen LogP contribution in [-0.2, 0) is 25.0 Å². The van der Waals surface area contributed by atoms with Crippen LogP contribution >= 0.6 is 0 Å². The van der Waals surface area contributed by atoms with Crippen molar-refractivity contribution in [3.05, 3.63) is 48.8 Å². The highest BCUT2D eigenvalue weighted by atomic mass is 32.2. The molecule has 3 aromatic heterocycles. The Labute approximate surface area is 214 Å². The Morgan fingerprint density at radius 3 is 2.59 bits per heavy atom. The number of hydrogen-bond donors (Lipinski definition) is 2. The van der Waals surface area contributed by atoms with Crippen LogP contribution in [0.2, 0.25) is 0 Å². The van der Waals surface area contributed by atoms with Crippen LogP contribution in [0.3, 0.4) is 0 Å². The van der Waals surface area contributed by atoms with E-state index >= 15 is 0 Å². The summed E-state index contributed by atoms with van der Waals surface area (Å²) in [7, 11) is -3.50. The van der Waals surface area contributed by atoms with Crippen LogP contribution in [0.5, 0.6) is 5.88 Å². The summed E-state index contributed by atoms with van der Waals surface area (Å²) in [5, 5.41) is 2.48. The number of nitrogens with one attached hydrogen (secondary N) is 2. The minimum absolute atomic E-state index is 0.147. The number of pyridine rings is 1. The zero-order valence-corrected chi connectivity index (χ0v) is 21.1. The van der Waals surface area contributed by atoms with Crippen molar-refractivity contribution in [1.82, 2.24) is 24.9 Å². The standard InChI is InChI=1S/C24H27N7O5S/c1-2-36-21-15-25-14-18(28-21)16-3-6-19(27-13-16)30-23(32)24(8-11-35-12-9-24)22-26-10-7-20(29-22)31-37(33,34)17-4-5-17/h3,6-7,10,13-15,17H,2,4-5,8-9,11-12H2,1H3,(H,26,29,31)(H,27,30,32). The van der Waals surface area contributed by atoms with Gasteiger partial charge in [-0.3, -0.25) is 14.5 Å². The summed E-state index contributed by atoms with van der Waals surface area (Å²) in [5.74, 6) is 0.813. The maximum Gasteiger partial charge on any atom is 0.239 e. The number of anilines is 2.